The number of aromatic amines is 1. The molecule has 0 radical (unpaired) electrons. The van der Waals surface area contributed by atoms with Gasteiger partial charge in [0.25, 0.3) is 0 Å². The molecule has 0 unspecified atom stereocenters. The van der Waals surface area contributed by atoms with E-state index in [0.717, 1.165) is 11.0 Å². The zero-order chi connectivity index (χ0) is 15.7. The van der Waals surface area contributed by atoms with Crippen LogP contribution in [0, 0.1) is 0 Å². The van der Waals surface area contributed by atoms with E-state index < -0.39 is 0 Å². The Hall–Kier alpha value is -1.75. The number of rotatable bonds is 3. The molecule has 0 fully saturated rings. The fourth-order valence-corrected chi connectivity index (χ4v) is 2.68. The minimum atomic E-state index is 0.319. The summed E-state index contributed by atoms with van der Waals surface area (Å²) in [6.07, 6.45) is 0. The van der Waals surface area contributed by atoms with Crippen LogP contribution in [0.5, 0.6) is 0 Å². The van der Waals surface area contributed by atoms with E-state index in [0.29, 0.717) is 32.3 Å². The Labute approximate surface area is 142 Å². The first-order chi connectivity index (χ1) is 10.6. The fraction of sp³-hybridized carbons (Fsp3) is 0.0667. The van der Waals surface area contributed by atoms with Gasteiger partial charge in [-0.3, -0.25) is 0 Å². The number of hydrazone groups is 1. The molecule has 1 heterocycles. The van der Waals surface area contributed by atoms with E-state index >= 15 is 0 Å². The Morgan fingerprint density at radius 1 is 1.09 bits per heavy atom. The number of hydrogen-bond donors (Lipinski definition) is 2. The van der Waals surface area contributed by atoms with Crippen molar-refractivity contribution < 1.29 is 0 Å². The van der Waals surface area contributed by atoms with E-state index in [1.165, 1.54) is 0 Å². The number of imidazole rings is 1. The van der Waals surface area contributed by atoms with Crippen molar-refractivity contribution in [2.24, 2.45) is 5.10 Å². The maximum atomic E-state index is 6.19. The third-order valence-electron chi connectivity index (χ3n) is 3.14. The van der Waals surface area contributed by atoms with Gasteiger partial charge >= 0.3 is 0 Å². The number of benzene rings is 2. The Kier molecular flexibility index (Phi) is 4.25. The molecule has 1 aromatic heterocycles. The third-order valence-corrected chi connectivity index (χ3v) is 4.44. The number of fused-ring (bicyclic) bond motifs is 1. The zero-order valence-electron chi connectivity index (χ0n) is 11.5. The molecule has 4 nitrogen and oxygen atoms in total. The molecule has 2 aromatic carbocycles. The summed E-state index contributed by atoms with van der Waals surface area (Å²) in [7, 11) is 0. The highest BCUT2D eigenvalue weighted by Crippen LogP contribution is 2.32. The predicted molar refractivity (Wildman–Crippen MR) is 93.4 cm³/mol. The van der Waals surface area contributed by atoms with Crippen LogP contribution >= 0.6 is 34.8 Å². The standard InChI is InChI=1S/C15H11Cl3N4/c1-8(9-6-7-10(16)14(18)13(9)17)21-22-15-19-11-4-2-3-5-12(11)20-15/h2-7H,1H3,(H2,19,20,22)/b21-8+. The fourth-order valence-electron chi connectivity index (χ4n) is 2.01. The second-order valence-electron chi connectivity index (χ2n) is 4.63. The van der Waals surface area contributed by atoms with Crippen molar-refractivity contribution in [2.75, 3.05) is 5.43 Å². The molecule has 7 heteroatoms. The van der Waals surface area contributed by atoms with Crippen LogP contribution in [0.3, 0.4) is 0 Å². The molecule has 0 aliphatic rings. The first-order valence-electron chi connectivity index (χ1n) is 6.45. The molecule has 3 rings (SSSR count). The molecule has 3 aromatic rings. The molecule has 0 spiro atoms. The Bertz CT molecular complexity index is 837. The second kappa shape index (κ2) is 6.16. The monoisotopic (exact) mass is 352 g/mol. The van der Waals surface area contributed by atoms with Gasteiger partial charge in [-0.05, 0) is 25.1 Å². The Morgan fingerprint density at radius 2 is 1.86 bits per heavy atom. The van der Waals surface area contributed by atoms with Crippen LogP contribution in [0.1, 0.15) is 12.5 Å². The number of anilines is 1. The summed E-state index contributed by atoms with van der Waals surface area (Å²) in [5.74, 6) is 0.553. The average Bonchev–Trinajstić information content (AvgIpc) is 2.93. The summed E-state index contributed by atoms with van der Waals surface area (Å²) in [5, 5.41) is 5.38. The highest BCUT2D eigenvalue weighted by atomic mass is 35.5. The van der Waals surface area contributed by atoms with Gasteiger partial charge in [0.2, 0.25) is 5.95 Å². The smallest absolute Gasteiger partial charge is 0.222 e. The number of H-pyrrole nitrogens is 1. The molecule has 0 saturated carbocycles. The van der Waals surface area contributed by atoms with E-state index in [-0.39, 0.29) is 0 Å². The lowest BCUT2D eigenvalue weighted by atomic mass is 10.1. The van der Waals surface area contributed by atoms with Gasteiger partial charge in [0.1, 0.15) is 0 Å². The highest BCUT2D eigenvalue weighted by molar-refractivity contribution is 6.49. The number of hydrogen-bond acceptors (Lipinski definition) is 3. The van der Waals surface area contributed by atoms with Gasteiger partial charge in [0.05, 0.1) is 31.8 Å². The van der Waals surface area contributed by atoms with Crippen molar-refractivity contribution in [3.05, 3.63) is 57.0 Å². The lowest BCUT2D eigenvalue weighted by molar-refractivity contribution is 1.20. The first-order valence-corrected chi connectivity index (χ1v) is 7.58. The van der Waals surface area contributed by atoms with E-state index in [4.69, 9.17) is 34.8 Å². The minimum Gasteiger partial charge on any atom is -0.323 e. The van der Waals surface area contributed by atoms with E-state index in [9.17, 15) is 0 Å². The lowest BCUT2D eigenvalue weighted by Gasteiger charge is -2.06. The van der Waals surface area contributed by atoms with Crippen LogP contribution in [0.4, 0.5) is 5.95 Å². The molecule has 0 amide bonds. The molecule has 0 aliphatic heterocycles. The van der Waals surface area contributed by atoms with Crippen LogP contribution in [0.25, 0.3) is 11.0 Å². The van der Waals surface area contributed by atoms with Crippen LogP contribution in [-0.4, -0.2) is 15.7 Å². The lowest BCUT2D eigenvalue weighted by Crippen LogP contribution is -2.01. The van der Waals surface area contributed by atoms with Crippen molar-refractivity contribution in [1.29, 1.82) is 0 Å². The van der Waals surface area contributed by atoms with Crippen molar-refractivity contribution in [1.82, 2.24) is 9.97 Å². The maximum Gasteiger partial charge on any atom is 0.222 e. The SMILES string of the molecule is C/C(=N\Nc1nc2ccccc2[nH]1)c1ccc(Cl)c(Cl)c1Cl. The van der Waals surface area contributed by atoms with Crippen LogP contribution in [-0.2, 0) is 0 Å². The Balaban J connectivity index is 1.87. The molecule has 0 bridgehead atoms. The van der Waals surface area contributed by atoms with Crippen LogP contribution in [0.2, 0.25) is 15.1 Å². The molecular weight excluding hydrogens is 343 g/mol. The van der Waals surface area contributed by atoms with Crippen LogP contribution < -0.4 is 5.43 Å². The van der Waals surface area contributed by atoms with E-state index in [1.807, 2.05) is 31.2 Å². The molecule has 2 N–H and O–H groups in total. The average molecular weight is 354 g/mol. The van der Waals surface area contributed by atoms with Crippen molar-refractivity contribution in [3.63, 3.8) is 0 Å². The normalized spacial score (nSPS) is 11.9. The van der Waals surface area contributed by atoms with Crippen molar-refractivity contribution in [2.45, 2.75) is 6.92 Å². The summed E-state index contributed by atoms with van der Waals surface area (Å²) in [6.45, 7) is 1.82. The summed E-state index contributed by atoms with van der Waals surface area (Å²) in [5.41, 5.74) is 6.06. The second-order valence-corrected chi connectivity index (χ2v) is 5.80. The van der Waals surface area contributed by atoms with Gasteiger partial charge < -0.3 is 4.98 Å². The van der Waals surface area contributed by atoms with Crippen LogP contribution in [0.15, 0.2) is 41.5 Å². The molecule has 0 aliphatic carbocycles. The molecular formula is C15H11Cl3N4. The summed E-state index contributed by atoms with van der Waals surface area (Å²) < 4.78 is 0. The quantitative estimate of drug-likeness (QED) is 0.378. The van der Waals surface area contributed by atoms with Crippen molar-refractivity contribution >= 4 is 57.5 Å². The third kappa shape index (κ3) is 2.90. The molecule has 0 atom stereocenters. The van der Waals surface area contributed by atoms with E-state index in [1.54, 1.807) is 12.1 Å². The maximum absolute atomic E-state index is 6.19. The van der Waals surface area contributed by atoms with Gasteiger partial charge in [0.15, 0.2) is 0 Å². The Morgan fingerprint density at radius 3 is 2.64 bits per heavy atom. The summed E-state index contributed by atoms with van der Waals surface area (Å²) in [4.78, 5) is 7.51. The number of halogens is 3. The van der Waals surface area contributed by atoms with Gasteiger partial charge in [-0.25, -0.2) is 10.4 Å². The summed E-state index contributed by atoms with van der Waals surface area (Å²) >= 11 is 18.2. The van der Waals surface area contributed by atoms with E-state index in [2.05, 4.69) is 20.5 Å². The predicted octanol–water partition coefficient (Wildman–Crippen LogP) is 5.36. The first kappa shape index (κ1) is 15.2. The number of para-hydroxylation sites is 2. The molecule has 0 saturated heterocycles. The molecule has 112 valence electrons. The topological polar surface area (TPSA) is 53.1 Å². The molecule has 22 heavy (non-hydrogen) atoms. The largest absolute Gasteiger partial charge is 0.323 e. The minimum absolute atomic E-state index is 0.319. The number of aromatic nitrogens is 2. The van der Waals surface area contributed by atoms with Gasteiger partial charge in [-0.15, -0.1) is 0 Å². The summed E-state index contributed by atoms with van der Waals surface area (Å²) in [6, 6.07) is 11.2. The number of nitrogens with one attached hydrogen (secondary N) is 2. The number of nitrogens with zero attached hydrogens (tertiary/aromatic N) is 2. The van der Waals surface area contributed by atoms with Gasteiger partial charge in [-0.1, -0.05) is 53.0 Å². The zero-order valence-corrected chi connectivity index (χ0v) is 13.8. The van der Waals surface area contributed by atoms with Gasteiger partial charge in [0, 0.05) is 5.56 Å². The van der Waals surface area contributed by atoms with Crippen molar-refractivity contribution in [3.8, 4) is 0 Å². The van der Waals surface area contributed by atoms with Gasteiger partial charge in [-0.2, -0.15) is 5.10 Å². The highest BCUT2D eigenvalue weighted by Gasteiger charge is 2.11.